The number of benzene rings is 3. The van der Waals surface area contributed by atoms with Gasteiger partial charge in [-0.3, -0.25) is 13.9 Å². The maximum absolute atomic E-state index is 13.7. The quantitative estimate of drug-likeness (QED) is 0.424. The van der Waals surface area contributed by atoms with Gasteiger partial charge in [-0.1, -0.05) is 73.7 Å². The number of anilines is 1. The Bertz CT molecular complexity index is 1290. The molecule has 3 aromatic carbocycles. The first-order valence-corrected chi connectivity index (χ1v) is 14.1. The number of amides is 2. The van der Waals surface area contributed by atoms with Gasteiger partial charge in [0.15, 0.2) is 0 Å². The summed E-state index contributed by atoms with van der Waals surface area (Å²) in [7, 11) is -3.79. The van der Waals surface area contributed by atoms with Gasteiger partial charge in [-0.25, -0.2) is 8.42 Å². The van der Waals surface area contributed by atoms with Crippen molar-refractivity contribution in [2.75, 3.05) is 23.7 Å². The van der Waals surface area contributed by atoms with E-state index < -0.39 is 28.5 Å². The van der Waals surface area contributed by atoms with Crippen LogP contribution in [-0.4, -0.2) is 56.6 Å². The van der Waals surface area contributed by atoms with Gasteiger partial charge >= 0.3 is 0 Å². The lowest BCUT2D eigenvalue weighted by molar-refractivity contribution is -0.139. The Kier molecular flexibility index (Phi) is 9.09. The smallest absolute Gasteiger partial charge is 0.244 e. The van der Waals surface area contributed by atoms with Crippen molar-refractivity contribution in [1.82, 2.24) is 10.2 Å². The maximum Gasteiger partial charge on any atom is 0.244 e. The van der Waals surface area contributed by atoms with E-state index in [-0.39, 0.29) is 18.5 Å². The standard InChI is InChI=1S/C28H35N3O4S/c1-5-21(2)29-28(33)22(3)30(19-18-23-12-7-6-8-13-23)27(32)20-31(36(4,34)35)26-17-11-15-24-14-9-10-16-25(24)26/h6-17,21-22H,5,18-20H2,1-4H3,(H,29,33). The van der Waals surface area contributed by atoms with Gasteiger partial charge in [0.1, 0.15) is 12.6 Å². The van der Waals surface area contributed by atoms with E-state index in [4.69, 9.17) is 0 Å². The van der Waals surface area contributed by atoms with E-state index in [9.17, 15) is 18.0 Å². The van der Waals surface area contributed by atoms with E-state index >= 15 is 0 Å². The third-order valence-electron chi connectivity index (χ3n) is 6.37. The van der Waals surface area contributed by atoms with Crippen molar-refractivity contribution >= 4 is 38.3 Å². The Morgan fingerprint density at radius 3 is 2.22 bits per heavy atom. The second-order valence-electron chi connectivity index (χ2n) is 9.08. The summed E-state index contributed by atoms with van der Waals surface area (Å²) in [5.74, 6) is -0.696. The minimum atomic E-state index is -3.79. The molecule has 2 unspecified atom stereocenters. The number of fused-ring (bicyclic) bond motifs is 1. The molecule has 8 heteroatoms. The molecule has 0 saturated carbocycles. The summed E-state index contributed by atoms with van der Waals surface area (Å²) < 4.78 is 26.9. The first-order chi connectivity index (χ1) is 17.1. The summed E-state index contributed by atoms with van der Waals surface area (Å²) >= 11 is 0. The van der Waals surface area contributed by atoms with Crippen molar-refractivity contribution < 1.29 is 18.0 Å². The van der Waals surface area contributed by atoms with Crippen molar-refractivity contribution in [3.8, 4) is 0 Å². The van der Waals surface area contributed by atoms with E-state index in [1.807, 2.05) is 74.5 Å². The summed E-state index contributed by atoms with van der Waals surface area (Å²) in [6, 6.07) is 21.7. The van der Waals surface area contributed by atoms with E-state index in [2.05, 4.69) is 5.32 Å². The van der Waals surface area contributed by atoms with Crippen molar-refractivity contribution in [3.63, 3.8) is 0 Å². The van der Waals surface area contributed by atoms with Crippen LogP contribution >= 0.6 is 0 Å². The van der Waals surface area contributed by atoms with E-state index in [1.54, 1.807) is 19.1 Å². The molecule has 0 aromatic heterocycles. The highest BCUT2D eigenvalue weighted by Gasteiger charge is 2.30. The molecular formula is C28H35N3O4S. The van der Waals surface area contributed by atoms with Crippen molar-refractivity contribution in [1.29, 1.82) is 0 Å². The molecule has 7 nitrogen and oxygen atoms in total. The van der Waals surface area contributed by atoms with Crippen molar-refractivity contribution in [3.05, 3.63) is 78.4 Å². The molecule has 3 aromatic rings. The molecule has 3 rings (SSSR count). The van der Waals surface area contributed by atoms with Gasteiger partial charge in [-0.2, -0.15) is 0 Å². The molecule has 36 heavy (non-hydrogen) atoms. The second-order valence-corrected chi connectivity index (χ2v) is 11.0. The van der Waals surface area contributed by atoms with Crippen LogP contribution in [-0.2, 0) is 26.0 Å². The summed E-state index contributed by atoms with van der Waals surface area (Å²) in [5.41, 5.74) is 1.46. The van der Waals surface area contributed by atoms with Gasteiger partial charge in [0.2, 0.25) is 21.8 Å². The van der Waals surface area contributed by atoms with Crippen LogP contribution in [0, 0.1) is 0 Å². The highest BCUT2D eigenvalue weighted by atomic mass is 32.2. The number of sulfonamides is 1. The lowest BCUT2D eigenvalue weighted by Crippen LogP contribution is -2.53. The number of nitrogens with one attached hydrogen (secondary N) is 1. The van der Waals surface area contributed by atoms with Crippen molar-refractivity contribution in [2.45, 2.75) is 45.7 Å². The van der Waals surface area contributed by atoms with Crippen LogP contribution in [0.3, 0.4) is 0 Å². The van der Waals surface area contributed by atoms with Crippen LogP contribution in [0.4, 0.5) is 5.69 Å². The molecule has 192 valence electrons. The Hall–Kier alpha value is -3.39. The molecule has 0 radical (unpaired) electrons. The molecule has 0 aliphatic carbocycles. The average Bonchev–Trinajstić information content (AvgIpc) is 2.86. The largest absolute Gasteiger partial charge is 0.352 e. The van der Waals surface area contributed by atoms with Crippen LogP contribution in [0.1, 0.15) is 32.8 Å². The molecule has 2 atom stereocenters. The van der Waals surface area contributed by atoms with Gasteiger partial charge in [0.25, 0.3) is 0 Å². The minimum Gasteiger partial charge on any atom is -0.352 e. The Labute approximate surface area is 214 Å². The molecule has 1 N–H and O–H groups in total. The highest BCUT2D eigenvalue weighted by molar-refractivity contribution is 7.92. The Balaban J connectivity index is 1.93. The predicted molar refractivity (Wildman–Crippen MR) is 145 cm³/mol. The van der Waals surface area contributed by atoms with Gasteiger partial charge in [0, 0.05) is 18.0 Å². The third-order valence-corrected chi connectivity index (χ3v) is 7.49. The van der Waals surface area contributed by atoms with Gasteiger partial charge in [-0.05, 0) is 43.7 Å². The summed E-state index contributed by atoms with van der Waals surface area (Å²) in [6.45, 7) is 5.45. The fraction of sp³-hybridized carbons (Fsp3) is 0.357. The predicted octanol–water partition coefficient (Wildman–Crippen LogP) is 3.98. The summed E-state index contributed by atoms with van der Waals surface area (Å²) in [6.07, 6.45) is 2.40. The Morgan fingerprint density at radius 2 is 1.56 bits per heavy atom. The molecule has 0 fully saturated rings. The van der Waals surface area contributed by atoms with Crippen LogP contribution in [0.5, 0.6) is 0 Å². The molecule has 2 amide bonds. The normalized spacial score (nSPS) is 13.1. The number of rotatable bonds is 11. The van der Waals surface area contributed by atoms with Crippen LogP contribution in [0.15, 0.2) is 72.8 Å². The molecule has 0 aliphatic heterocycles. The Morgan fingerprint density at radius 1 is 0.917 bits per heavy atom. The van der Waals surface area contributed by atoms with E-state index in [0.29, 0.717) is 12.1 Å². The fourth-order valence-corrected chi connectivity index (χ4v) is 4.92. The first kappa shape index (κ1) is 27.2. The molecular weight excluding hydrogens is 474 g/mol. The molecule has 0 aliphatic rings. The minimum absolute atomic E-state index is 0.0331. The molecule has 0 bridgehead atoms. The molecule has 0 spiro atoms. The summed E-state index contributed by atoms with van der Waals surface area (Å²) in [4.78, 5) is 28.1. The maximum atomic E-state index is 13.7. The monoisotopic (exact) mass is 509 g/mol. The number of hydrogen-bond acceptors (Lipinski definition) is 4. The number of carbonyl (C=O) groups excluding carboxylic acids is 2. The average molecular weight is 510 g/mol. The zero-order valence-electron chi connectivity index (χ0n) is 21.3. The fourth-order valence-electron chi connectivity index (χ4n) is 4.06. The molecule has 0 saturated heterocycles. The van der Waals surface area contributed by atoms with Crippen molar-refractivity contribution in [2.24, 2.45) is 0 Å². The van der Waals surface area contributed by atoms with Gasteiger partial charge < -0.3 is 10.2 Å². The van der Waals surface area contributed by atoms with E-state index in [1.165, 1.54) is 4.90 Å². The third kappa shape index (κ3) is 6.85. The number of carbonyl (C=O) groups is 2. The first-order valence-electron chi connectivity index (χ1n) is 12.2. The van der Waals surface area contributed by atoms with Crippen LogP contribution < -0.4 is 9.62 Å². The van der Waals surface area contributed by atoms with Gasteiger partial charge in [-0.15, -0.1) is 0 Å². The number of hydrogen-bond donors (Lipinski definition) is 1. The zero-order valence-corrected chi connectivity index (χ0v) is 22.2. The van der Waals surface area contributed by atoms with Gasteiger partial charge in [0.05, 0.1) is 11.9 Å². The summed E-state index contributed by atoms with van der Waals surface area (Å²) in [5, 5.41) is 4.54. The highest BCUT2D eigenvalue weighted by Crippen LogP contribution is 2.28. The molecule has 0 heterocycles. The second kappa shape index (κ2) is 12.0. The van der Waals surface area contributed by atoms with E-state index in [0.717, 1.165) is 33.3 Å². The lowest BCUT2D eigenvalue weighted by Gasteiger charge is -2.32. The van der Waals surface area contributed by atoms with Crippen LogP contribution in [0.2, 0.25) is 0 Å². The number of nitrogens with zero attached hydrogens (tertiary/aromatic N) is 2. The zero-order chi connectivity index (χ0) is 26.3. The SMILES string of the molecule is CCC(C)NC(=O)C(C)N(CCc1ccccc1)C(=O)CN(c1cccc2ccccc12)S(C)(=O)=O. The lowest BCUT2D eigenvalue weighted by atomic mass is 10.1. The topological polar surface area (TPSA) is 86.8 Å². The van der Waals surface area contributed by atoms with Crippen LogP contribution in [0.25, 0.3) is 10.8 Å².